The summed E-state index contributed by atoms with van der Waals surface area (Å²) in [5.41, 5.74) is 0. The Bertz CT molecular complexity index is 479. The minimum Gasteiger partial charge on any atom is -0.390 e. The number of piperidine rings is 1. The summed E-state index contributed by atoms with van der Waals surface area (Å²) in [6, 6.07) is 0.308. The van der Waals surface area contributed by atoms with Gasteiger partial charge in [-0.25, -0.2) is 0 Å². The minimum atomic E-state index is -0.682. The summed E-state index contributed by atoms with van der Waals surface area (Å²) < 4.78 is 1.20. The Morgan fingerprint density at radius 3 is 3.00 bits per heavy atom. The van der Waals surface area contributed by atoms with Gasteiger partial charge in [0.05, 0.1) is 0 Å². The normalized spacial score (nSPS) is 18.4. The van der Waals surface area contributed by atoms with Crippen LogP contribution in [0.1, 0.15) is 12.8 Å². The SMILES string of the molecule is CNC1CCCN(C(=O)Cn2cnc([N+](=O)[O-])n2)C1.Cl. The molecule has 0 radical (unpaired) electrons. The van der Waals surface area contributed by atoms with Crippen molar-refractivity contribution in [3.05, 3.63) is 16.4 Å². The van der Waals surface area contributed by atoms with Crippen molar-refractivity contribution in [3.8, 4) is 0 Å². The molecule has 20 heavy (non-hydrogen) atoms. The Hall–Kier alpha value is -1.74. The van der Waals surface area contributed by atoms with E-state index in [4.69, 9.17) is 0 Å². The highest BCUT2D eigenvalue weighted by Gasteiger charge is 2.24. The Balaban J connectivity index is 0.00000200. The van der Waals surface area contributed by atoms with Crippen molar-refractivity contribution in [2.24, 2.45) is 0 Å². The minimum absolute atomic E-state index is 0. The maximum Gasteiger partial charge on any atom is 0.490 e. The maximum absolute atomic E-state index is 12.0. The number of nitrogens with one attached hydrogen (secondary N) is 1. The lowest BCUT2D eigenvalue weighted by molar-refractivity contribution is -0.394. The number of rotatable bonds is 4. The number of nitrogens with zero attached hydrogens (tertiary/aromatic N) is 5. The average Bonchev–Trinajstić information content (AvgIpc) is 2.87. The molecule has 1 amide bonds. The average molecular weight is 305 g/mol. The quantitative estimate of drug-likeness (QED) is 0.611. The predicted octanol–water partition coefficient (Wildman–Crippen LogP) is -0.182. The predicted molar refractivity (Wildman–Crippen MR) is 72.6 cm³/mol. The van der Waals surface area contributed by atoms with Crippen LogP contribution in [-0.2, 0) is 11.3 Å². The number of amides is 1. The van der Waals surface area contributed by atoms with E-state index in [-0.39, 0.29) is 24.9 Å². The first-order valence-electron chi connectivity index (χ1n) is 6.09. The van der Waals surface area contributed by atoms with Crippen LogP contribution in [0, 0.1) is 10.1 Å². The second kappa shape index (κ2) is 7.15. The number of likely N-dealkylation sites (N-methyl/N-ethyl adjacent to an activating group) is 1. The highest BCUT2D eigenvalue weighted by atomic mass is 35.5. The van der Waals surface area contributed by atoms with Crippen molar-refractivity contribution in [1.82, 2.24) is 25.0 Å². The van der Waals surface area contributed by atoms with Gasteiger partial charge in [0.1, 0.15) is 6.54 Å². The van der Waals surface area contributed by atoms with Crippen LogP contribution in [0.2, 0.25) is 0 Å². The molecular weight excluding hydrogens is 288 g/mol. The summed E-state index contributed by atoms with van der Waals surface area (Å²) >= 11 is 0. The molecule has 2 rings (SSSR count). The van der Waals surface area contributed by atoms with Gasteiger partial charge in [-0.1, -0.05) is 4.98 Å². The lowest BCUT2D eigenvalue weighted by Gasteiger charge is -2.32. The number of aromatic nitrogens is 3. The molecule has 1 N–H and O–H groups in total. The molecule has 0 aliphatic carbocycles. The molecule has 112 valence electrons. The van der Waals surface area contributed by atoms with E-state index < -0.39 is 10.9 Å². The van der Waals surface area contributed by atoms with Crippen molar-refractivity contribution in [3.63, 3.8) is 0 Å². The van der Waals surface area contributed by atoms with Crippen LogP contribution in [0.25, 0.3) is 0 Å². The number of hydrogen-bond acceptors (Lipinski definition) is 6. The van der Waals surface area contributed by atoms with E-state index in [1.54, 1.807) is 4.90 Å². The van der Waals surface area contributed by atoms with Crippen LogP contribution in [-0.4, -0.2) is 56.7 Å². The van der Waals surface area contributed by atoms with Gasteiger partial charge in [-0.05, 0) is 24.8 Å². The van der Waals surface area contributed by atoms with E-state index in [0.717, 1.165) is 12.8 Å². The van der Waals surface area contributed by atoms with Gasteiger partial charge in [0.15, 0.2) is 0 Å². The second-order valence-electron chi connectivity index (χ2n) is 4.47. The molecule has 0 spiro atoms. The number of hydrogen-bond donors (Lipinski definition) is 1. The van der Waals surface area contributed by atoms with Crippen LogP contribution in [0.15, 0.2) is 6.33 Å². The van der Waals surface area contributed by atoms with E-state index in [1.165, 1.54) is 11.0 Å². The maximum atomic E-state index is 12.0. The zero-order chi connectivity index (χ0) is 13.8. The molecule has 1 unspecified atom stereocenters. The number of carbonyl (C=O) groups excluding carboxylic acids is 1. The molecule has 0 saturated carbocycles. The Labute approximate surface area is 121 Å². The Morgan fingerprint density at radius 2 is 2.40 bits per heavy atom. The van der Waals surface area contributed by atoms with Gasteiger partial charge in [0, 0.05) is 24.2 Å². The topological polar surface area (TPSA) is 106 Å². The molecule has 1 atom stereocenters. The highest BCUT2D eigenvalue weighted by molar-refractivity contribution is 5.85. The summed E-state index contributed by atoms with van der Waals surface area (Å²) in [7, 11) is 1.87. The van der Waals surface area contributed by atoms with E-state index in [0.29, 0.717) is 19.1 Å². The molecule has 1 saturated heterocycles. The smallest absolute Gasteiger partial charge is 0.390 e. The van der Waals surface area contributed by atoms with Crippen molar-refractivity contribution >= 4 is 24.3 Å². The van der Waals surface area contributed by atoms with E-state index in [9.17, 15) is 14.9 Å². The molecular formula is C10H17ClN6O3. The standard InChI is InChI=1S/C10H16N6O3.ClH/c1-11-8-3-2-4-14(5-8)9(17)6-15-7-12-10(13-15)16(18)19;/h7-8,11H,2-6H2,1H3;1H. The zero-order valence-corrected chi connectivity index (χ0v) is 11.9. The molecule has 0 bridgehead atoms. The first kappa shape index (κ1) is 16.3. The van der Waals surface area contributed by atoms with Crippen molar-refractivity contribution in [2.75, 3.05) is 20.1 Å². The third-order valence-electron chi connectivity index (χ3n) is 3.17. The third-order valence-corrected chi connectivity index (χ3v) is 3.17. The van der Waals surface area contributed by atoms with Crippen molar-refractivity contribution in [2.45, 2.75) is 25.4 Å². The Kier molecular flexibility index (Phi) is 5.83. The highest BCUT2D eigenvalue weighted by Crippen LogP contribution is 2.10. The molecule has 1 aromatic heterocycles. The summed E-state index contributed by atoms with van der Waals surface area (Å²) in [6.45, 7) is 1.36. The fourth-order valence-electron chi connectivity index (χ4n) is 2.12. The van der Waals surface area contributed by atoms with Crippen LogP contribution < -0.4 is 5.32 Å². The summed E-state index contributed by atoms with van der Waals surface area (Å²) in [6.07, 6.45) is 3.21. The molecule has 9 nitrogen and oxygen atoms in total. The fraction of sp³-hybridized carbons (Fsp3) is 0.700. The molecule has 1 aliphatic heterocycles. The van der Waals surface area contributed by atoms with E-state index in [2.05, 4.69) is 15.4 Å². The fourth-order valence-corrected chi connectivity index (χ4v) is 2.12. The van der Waals surface area contributed by atoms with Crippen LogP contribution >= 0.6 is 12.4 Å². The molecule has 0 aromatic carbocycles. The van der Waals surface area contributed by atoms with Gasteiger partial charge in [-0.2, -0.15) is 4.68 Å². The van der Waals surface area contributed by atoms with Gasteiger partial charge >= 0.3 is 5.95 Å². The third kappa shape index (κ3) is 3.87. The molecule has 10 heteroatoms. The van der Waals surface area contributed by atoms with Crippen LogP contribution in [0.5, 0.6) is 0 Å². The van der Waals surface area contributed by atoms with Gasteiger partial charge in [0.25, 0.3) is 0 Å². The monoisotopic (exact) mass is 304 g/mol. The second-order valence-corrected chi connectivity index (χ2v) is 4.47. The number of carbonyl (C=O) groups is 1. The van der Waals surface area contributed by atoms with Crippen LogP contribution in [0.4, 0.5) is 5.95 Å². The number of likely N-dealkylation sites (tertiary alicyclic amines) is 1. The number of nitro groups is 1. The van der Waals surface area contributed by atoms with E-state index >= 15 is 0 Å². The molecule has 1 aliphatic rings. The lowest BCUT2D eigenvalue weighted by Crippen LogP contribution is -2.47. The van der Waals surface area contributed by atoms with Crippen molar-refractivity contribution < 1.29 is 9.72 Å². The lowest BCUT2D eigenvalue weighted by atomic mass is 10.1. The first-order chi connectivity index (χ1) is 9.10. The molecule has 2 heterocycles. The summed E-state index contributed by atoms with van der Waals surface area (Å²) in [4.78, 5) is 27.1. The number of halogens is 1. The zero-order valence-electron chi connectivity index (χ0n) is 11.1. The van der Waals surface area contributed by atoms with Gasteiger partial charge in [0.2, 0.25) is 12.2 Å². The summed E-state index contributed by atoms with van der Waals surface area (Å²) in [5, 5.41) is 17.2. The largest absolute Gasteiger partial charge is 0.490 e. The van der Waals surface area contributed by atoms with Crippen LogP contribution in [0.3, 0.4) is 0 Å². The van der Waals surface area contributed by atoms with E-state index in [1.807, 2.05) is 7.05 Å². The van der Waals surface area contributed by atoms with Gasteiger partial charge in [-0.15, -0.1) is 12.4 Å². The molecule has 1 aromatic rings. The van der Waals surface area contributed by atoms with Gasteiger partial charge < -0.3 is 20.3 Å². The first-order valence-corrected chi connectivity index (χ1v) is 6.09. The molecule has 1 fully saturated rings. The van der Waals surface area contributed by atoms with Gasteiger partial charge in [-0.3, -0.25) is 4.79 Å². The Morgan fingerprint density at radius 1 is 1.65 bits per heavy atom. The van der Waals surface area contributed by atoms with Crippen molar-refractivity contribution in [1.29, 1.82) is 0 Å². The summed E-state index contributed by atoms with van der Waals surface area (Å²) in [5.74, 6) is -0.584.